The lowest BCUT2D eigenvalue weighted by molar-refractivity contribution is 0.401. The van der Waals surface area contributed by atoms with Gasteiger partial charge in [0.15, 0.2) is 0 Å². The summed E-state index contributed by atoms with van der Waals surface area (Å²) in [7, 11) is 0. The first-order valence-corrected chi connectivity index (χ1v) is 30.0. The van der Waals surface area contributed by atoms with Crippen molar-refractivity contribution in [2.24, 2.45) is 11.8 Å². The number of hydrogen-bond acceptors (Lipinski definition) is 0. The van der Waals surface area contributed by atoms with E-state index in [2.05, 4.69) is 140 Å². The number of aromatic nitrogens is 2. The fourth-order valence-corrected chi connectivity index (χ4v) is 13.2. The van der Waals surface area contributed by atoms with E-state index < -0.39 is 0 Å². The number of nitrogens with zero attached hydrogens (tertiary/aromatic N) is 2. The van der Waals surface area contributed by atoms with Crippen LogP contribution in [0.4, 0.5) is 0 Å². The fourth-order valence-electron chi connectivity index (χ4n) is 12.4. The summed E-state index contributed by atoms with van der Waals surface area (Å²) in [5.41, 5.74) is 14.1. The number of rotatable bonds is 29. The van der Waals surface area contributed by atoms with Crippen LogP contribution in [0.15, 0.2) is 93.9 Å². The molecule has 0 radical (unpaired) electrons. The van der Waals surface area contributed by atoms with Crippen molar-refractivity contribution in [2.45, 2.75) is 219 Å². The molecule has 68 heavy (non-hydrogen) atoms. The van der Waals surface area contributed by atoms with E-state index in [1.807, 2.05) is 0 Å². The van der Waals surface area contributed by atoms with Crippen molar-refractivity contribution >= 4 is 53.7 Å². The van der Waals surface area contributed by atoms with Gasteiger partial charge in [-0.2, -0.15) is 0 Å². The minimum absolute atomic E-state index is 0.803. The second-order valence-corrected chi connectivity index (χ2v) is 23.3. The summed E-state index contributed by atoms with van der Waals surface area (Å²) < 4.78 is 7.54. The van der Waals surface area contributed by atoms with Crippen LogP contribution in [0, 0.1) is 11.8 Å². The van der Waals surface area contributed by atoms with Crippen LogP contribution in [0.5, 0.6) is 0 Å². The van der Waals surface area contributed by atoms with Crippen LogP contribution in [0.25, 0.3) is 44.3 Å². The lowest BCUT2D eigenvalue weighted by Gasteiger charge is -2.24. The molecule has 2 aliphatic carbocycles. The maximum absolute atomic E-state index is 3.84. The third-order valence-electron chi connectivity index (χ3n) is 16.4. The summed E-state index contributed by atoms with van der Waals surface area (Å²) in [6.45, 7) is 4.62. The second kappa shape index (κ2) is 26.9. The molecular weight excluding hydrogens is 957 g/mol. The van der Waals surface area contributed by atoms with Gasteiger partial charge in [0.05, 0.1) is 11.0 Å². The maximum atomic E-state index is 3.84. The van der Waals surface area contributed by atoms with Crippen LogP contribution in [0.2, 0.25) is 0 Å². The molecule has 2 unspecified atom stereocenters. The normalized spacial score (nSPS) is 15.9. The van der Waals surface area contributed by atoms with Gasteiger partial charge in [-0.3, -0.25) is 0 Å². The fraction of sp³-hybridized carbons (Fsp3) is 0.562. The summed E-state index contributed by atoms with van der Waals surface area (Å²) in [4.78, 5) is 0. The molecule has 0 N–H and O–H groups in total. The maximum Gasteiger partial charge on any atom is 0.0535 e. The molecule has 4 aromatic carbocycles. The Bertz CT molecular complexity index is 2260. The second-order valence-electron chi connectivity index (χ2n) is 21.5. The van der Waals surface area contributed by atoms with Gasteiger partial charge in [-0.25, -0.2) is 0 Å². The van der Waals surface area contributed by atoms with Crippen LogP contribution in [-0.4, -0.2) is 9.13 Å². The van der Waals surface area contributed by atoms with Gasteiger partial charge in [0.1, 0.15) is 0 Å². The Balaban J connectivity index is 0.862. The van der Waals surface area contributed by atoms with Crippen molar-refractivity contribution in [1.29, 1.82) is 0 Å². The standard InChI is InChI=1S/C64H86Br2N2/c1-3-5-7-9-11-13-15-17-19-21-23-25-27-49-29-41-61-57(45-49)59-47-53(65)35-43-63(59)67(61)55-37-31-51(32-38-55)52-33-39-56(40-34-52)68-62-42-30-50(46-58(62)60-48-54(66)36-44-64(60)68)28-26-24-22-20-18-16-14-12-10-8-6-4-2/h31-40,43-44,47-50H,3-30,41-42,45-46H2,1-2H3. The van der Waals surface area contributed by atoms with E-state index in [4.69, 9.17) is 0 Å². The van der Waals surface area contributed by atoms with Crippen LogP contribution < -0.4 is 0 Å². The average Bonchev–Trinajstić information content (AvgIpc) is 3.85. The number of hydrogen-bond donors (Lipinski definition) is 0. The SMILES string of the molecule is CCCCCCCCCCCCCCC1CCc2c(c3cc(Br)ccc3n2-c2ccc(-c3ccc(-n4c5c(c6cc(Br)ccc64)CC(CCCCCCCCCCCCCC)CC5)cc3)cc2)C1. The summed E-state index contributed by atoms with van der Waals surface area (Å²) in [5.74, 6) is 1.61. The van der Waals surface area contributed by atoms with Gasteiger partial charge >= 0.3 is 0 Å². The monoisotopic (exact) mass is 1040 g/mol. The molecule has 0 amide bonds. The Morgan fingerprint density at radius 3 is 1.06 bits per heavy atom. The molecule has 0 spiro atoms. The van der Waals surface area contributed by atoms with Crippen LogP contribution in [0.3, 0.4) is 0 Å². The number of fused-ring (bicyclic) bond motifs is 6. The van der Waals surface area contributed by atoms with E-state index in [9.17, 15) is 0 Å². The van der Waals surface area contributed by atoms with E-state index in [1.165, 1.54) is 270 Å². The first-order valence-electron chi connectivity index (χ1n) is 28.4. The van der Waals surface area contributed by atoms with Crippen molar-refractivity contribution in [3.63, 3.8) is 0 Å². The number of halogens is 2. The molecule has 6 aromatic rings. The van der Waals surface area contributed by atoms with Crippen LogP contribution >= 0.6 is 31.9 Å². The van der Waals surface area contributed by atoms with E-state index in [0.29, 0.717) is 0 Å². The summed E-state index contributed by atoms with van der Waals surface area (Å²) in [6, 6.07) is 32.8. The van der Waals surface area contributed by atoms with E-state index in [0.717, 1.165) is 11.8 Å². The molecule has 0 saturated carbocycles. The largest absolute Gasteiger partial charge is 0.313 e. The first kappa shape index (κ1) is 51.3. The highest BCUT2D eigenvalue weighted by Gasteiger charge is 2.28. The Labute approximate surface area is 430 Å². The van der Waals surface area contributed by atoms with E-state index >= 15 is 0 Å². The molecule has 2 heterocycles. The van der Waals surface area contributed by atoms with Crippen LogP contribution in [0.1, 0.15) is 216 Å². The third kappa shape index (κ3) is 13.7. The lowest BCUT2D eigenvalue weighted by atomic mass is 9.83. The van der Waals surface area contributed by atoms with Gasteiger partial charge in [-0.1, -0.05) is 237 Å². The molecule has 2 aromatic heterocycles. The summed E-state index contributed by atoms with van der Waals surface area (Å²) >= 11 is 7.67. The Kier molecular flexibility index (Phi) is 20.3. The number of unbranched alkanes of at least 4 members (excludes halogenated alkanes) is 22. The Hall–Kier alpha value is -3.08. The Morgan fingerprint density at radius 2 is 0.721 bits per heavy atom. The predicted octanol–water partition coefficient (Wildman–Crippen LogP) is 21.2. The van der Waals surface area contributed by atoms with Gasteiger partial charge in [0.2, 0.25) is 0 Å². The molecule has 0 fully saturated rings. The molecule has 0 bridgehead atoms. The zero-order valence-electron chi connectivity index (χ0n) is 42.5. The molecule has 2 aliphatic rings. The minimum atomic E-state index is 0.803. The van der Waals surface area contributed by atoms with Gasteiger partial charge in [-0.05, 0) is 133 Å². The van der Waals surface area contributed by atoms with Gasteiger partial charge < -0.3 is 9.13 Å². The van der Waals surface area contributed by atoms with Crippen molar-refractivity contribution < 1.29 is 0 Å². The average molecular weight is 1040 g/mol. The molecule has 2 atom stereocenters. The molecular formula is C64H86Br2N2. The lowest BCUT2D eigenvalue weighted by Crippen LogP contribution is -2.16. The van der Waals surface area contributed by atoms with Gasteiger partial charge in [-0.15, -0.1) is 0 Å². The van der Waals surface area contributed by atoms with Crippen molar-refractivity contribution in [3.05, 3.63) is 116 Å². The summed E-state index contributed by atoms with van der Waals surface area (Å²) in [5, 5.41) is 2.88. The highest BCUT2D eigenvalue weighted by molar-refractivity contribution is 9.10. The highest BCUT2D eigenvalue weighted by Crippen LogP contribution is 2.41. The first-order chi connectivity index (χ1) is 33.5. The molecule has 4 heteroatoms. The van der Waals surface area contributed by atoms with Crippen molar-refractivity contribution in [2.75, 3.05) is 0 Å². The predicted molar refractivity (Wildman–Crippen MR) is 303 cm³/mol. The van der Waals surface area contributed by atoms with Gasteiger partial charge in [0.25, 0.3) is 0 Å². The zero-order chi connectivity index (χ0) is 46.9. The van der Waals surface area contributed by atoms with Crippen molar-refractivity contribution in [1.82, 2.24) is 9.13 Å². The third-order valence-corrected chi connectivity index (χ3v) is 17.4. The smallest absolute Gasteiger partial charge is 0.0535 e. The molecule has 2 nitrogen and oxygen atoms in total. The van der Waals surface area contributed by atoms with Gasteiger partial charge in [0, 0.05) is 42.5 Å². The zero-order valence-corrected chi connectivity index (χ0v) is 45.7. The van der Waals surface area contributed by atoms with E-state index in [-0.39, 0.29) is 0 Å². The number of benzene rings is 4. The molecule has 366 valence electrons. The molecule has 8 rings (SSSR count). The quantitative estimate of drug-likeness (QED) is 0.0414. The topological polar surface area (TPSA) is 9.86 Å². The highest BCUT2D eigenvalue weighted by atomic mass is 79.9. The van der Waals surface area contributed by atoms with Crippen LogP contribution in [-0.2, 0) is 25.7 Å². The molecule has 0 saturated heterocycles. The Morgan fingerprint density at radius 1 is 0.397 bits per heavy atom. The molecule has 0 aliphatic heterocycles. The minimum Gasteiger partial charge on any atom is -0.313 e. The summed E-state index contributed by atoms with van der Waals surface area (Å²) in [6.07, 6.45) is 44.3. The van der Waals surface area contributed by atoms with Crippen molar-refractivity contribution in [3.8, 4) is 22.5 Å². The van der Waals surface area contributed by atoms with E-state index in [1.54, 1.807) is 11.1 Å².